The summed E-state index contributed by atoms with van der Waals surface area (Å²) in [4.78, 5) is 1.28. The topological polar surface area (TPSA) is 32.3 Å². The van der Waals surface area contributed by atoms with Gasteiger partial charge in [0.2, 0.25) is 0 Å². The SMILES string of the molecule is CC[C@H](CO)NC(C)c1ccc(SC)cc1. The van der Waals surface area contributed by atoms with Crippen LogP contribution in [0.25, 0.3) is 0 Å². The maximum Gasteiger partial charge on any atom is 0.0584 e. The average molecular weight is 239 g/mol. The Kier molecular flexibility index (Phi) is 5.88. The van der Waals surface area contributed by atoms with Gasteiger partial charge in [-0.15, -0.1) is 11.8 Å². The second-order valence-corrected chi connectivity index (χ2v) is 4.83. The molecule has 16 heavy (non-hydrogen) atoms. The lowest BCUT2D eigenvalue weighted by molar-refractivity contribution is 0.230. The zero-order chi connectivity index (χ0) is 12.0. The van der Waals surface area contributed by atoms with Crippen LogP contribution in [0.15, 0.2) is 29.2 Å². The molecule has 0 saturated carbocycles. The average Bonchev–Trinajstić information content (AvgIpc) is 2.35. The van der Waals surface area contributed by atoms with Crippen LogP contribution in [0, 0.1) is 0 Å². The molecular formula is C13H21NOS. The van der Waals surface area contributed by atoms with E-state index in [2.05, 4.69) is 49.7 Å². The summed E-state index contributed by atoms with van der Waals surface area (Å²) in [5, 5.41) is 12.6. The fraction of sp³-hybridized carbons (Fsp3) is 0.538. The van der Waals surface area contributed by atoms with Crippen LogP contribution in [0.1, 0.15) is 31.9 Å². The summed E-state index contributed by atoms with van der Waals surface area (Å²) < 4.78 is 0. The van der Waals surface area contributed by atoms with Crippen LogP contribution in [0.4, 0.5) is 0 Å². The molecular weight excluding hydrogens is 218 g/mol. The number of rotatable bonds is 6. The molecule has 0 amide bonds. The van der Waals surface area contributed by atoms with E-state index in [0.717, 1.165) is 6.42 Å². The maximum atomic E-state index is 9.14. The lowest BCUT2D eigenvalue weighted by Gasteiger charge is -2.20. The van der Waals surface area contributed by atoms with Crippen molar-refractivity contribution < 1.29 is 5.11 Å². The van der Waals surface area contributed by atoms with Crippen LogP contribution >= 0.6 is 11.8 Å². The standard InChI is InChI=1S/C13H21NOS/c1-4-12(9-15)14-10(2)11-5-7-13(16-3)8-6-11/h5-8,10,12,14-15H,4,9H2,1-3H3/t10?,12-/m1/s1. The van der Waals surface area contributed by atoms with E-state index in [1.54, 1.807) is 11.8 Å². The number of hydrogen-bond acceptors (Lipinski definition) is 3. The van der Waals surface area contributed by atoms with Crippen molar-refractivity contribution in [2.24, 2.45) is 0 Å². The Morgan fingerprint density at radius 2 is 1.94 bits per heavy atom. The Labute approximate surface area is 102 Å². The van der Waals surface area contributed by atoms with Gasteiger partial charge >= 0.3 is 0 Å². The zero-order valence-corrected chi connectivity index (χ0v) is 11.1. The van der Waals surface area contributed by atoms with Gasteiger partial charge in [0.1, 0.15) is 0 Å². The Balaban J connectivity index is 2.61. The van der Waals surface area contributed by atoms with E-state index in [4.69, 9.17) is 5.11 Å². The van der Waals surface area contributed by atoms with Crippen LogP contribution in [0.5, 0.6) is 0 Å². The van der Waals surface area contributed by atoms with Crippen molar-refractivity contribution in [2.75, 3.05) is 12.9 Å². The molecule has 2 atom stereocenters. The van der Waals surface area contributed by atoms with Gasteiger partial charge in [-0.05, 0) is 37.3 Å². The molecule has 0 spiro atoms. The number of aliphatic hydroxyl groups is 1. The highest BCUT2D eigenvalue weighted by molar-refractivity contribution is 7.98. The van der Waals surface area contributed by atoms with Crippen molar-refractivity contribution in [1.82, 2.24) is 5.32 Å². The van der Waals surface area contributed by atoms with E-state index in [-0.39, 0.29) is 18.7 Å². The third-order valence-corrected chi connectivity index (χ3v) is 3.56. The monoisotopic (exact) mass is 239 g/mol. The molecule has 0 heterocycles. The molecule has 1 rings (SSSR count). The van der Waals surface area contributed by atoms with E-state index in [9.17, 15) is 0 Å². The summed E-state index contributed by atoms with van der Waals surface area (Å²) in [7, 11) is 0. The first-order chi connectivity index (χ1) is 7.71. The molecule has 0 aromatic heterocycles. The molecule has 1 aromatic rings. The molecule has 3 heteroatoms. The van der Waals surface area contributed by atoms with Crippen LogP contribution in [-0.2, 0) is 0 Å². The first-order valence-electron chi connectivity index (χ1n) is 5.72. The Morgan fingerprint density at radius 1 is 1.31 bits per heavy atom. The predicted molar refractivity (Wildman–Crippen MR) is 70.9 cm³/mol. The van der Waals surface area contributed by atoms with Crippen LogP contribution in [0.2, 0.25) is 0 Å². The third kappa shape index (κ3) is 3.81. The summed E-state index contributed by atoms with van der Waals surface area (Å²) in [6.45, 7) is 4.41. The first kappa shape index (κ1) is 13.6. The minimum absolute atomic E-state index is 0.190. The van der Waals surface area contributed by atoms with Crippen molar-refractivity contribution in [2.45, 2.75) is 37.2 Å². The Hall–Kier alpha value is -0.510. The van der Waals surface area contributed by atoms with Gasteiger partial charge < -0.3 is 10.4 Å². The summed E-state index contributed by atoms with van der Waals surface area (Å²) in [5.74, 6) is 0. The quantitative estimate of drug-likeness (QED) is 0.749. The molecule has 2 N–H and O–H groups in total. The second-order valence-electron chi connectivity index (χ2n) is 3.95. The Morgan fingerprint density at radius 3 is 2.38 bits per heavy atom. The molecule has 0 fully saturated rings. The molecule has 0 radical (unpaired) electrons. The van der Waals surface area contributed by atoms with E-state index >= 15 is 0 Å². The van der Waals surface area contributed by atoms with E-state index < -0.39 is 0 Å². The zero-order valence-electron chi connectivity index (χ0n) is 10.2. The molecule has 0 bridgehead atoms. The van der Waals surface area contributed by atoms with Crippen LogP contribution in [0.3, 0.4) is 0 Å². The van der Waals surface area contributed by atoms with Crippen molar-refractivity contribution in [3.05, 3.63) is 29.8 Å². The van der Waals surface area contributed by atoms with Gasteiger partial charge in [-0.3, -0.25) is 0 Å². The fourth-order valence-corrected chi connectivity index (χ4v) is 2.05. The summed E-state index contributed by atoms with van der Waals surface area (Å²) in [6.07, 6.45) is 3.03. The first-order valence-corrected chi connectivity index (χ1v) is 6.94. The van der Waals surface area contributed by atoms with Crippen molar-refractivity contribution in [1.29, 1.82) is 0 Å². The third-order valence-electron chi connectivity index (χ3n) is 2.81. The van der Waals surface area contributed by atoms with Crippen LogP contribution in [-0.4, -0.2) is 24.0 Å². The minimum Gasteiger partial charge on any atom is -0.395 e. The van der Waals surface area contributed by atoms with Gasteiger partial charge in [0.25, 0.3) is 0 Å². The van der Waals surface area contributed by atoms with Gasteiger partial charge in [0, 0.05) is 17.0 Å². The molecule has 0 aliphatic rings. The van der Waals surface area contributed by atoms with Gasteiger partial charge in [0.15, 0.2) is 0 Å². The number of nitrogens with one attached hydrogen (secondary N) is 1. The number of hydrogen-bond donors (Lipinski definition) is 2. The lowest BCUT2D eigenvalue weighted by atomic mass is 10.1. The number of thioether (sulfide) groups is 1. The predicted octanol–water partition coefficient (Wildman–Crippen LogP) is 2.83. The van der Waals surface area contributed by atoms with Crippen molar-refractivity contribution >= 4 is 11.8 Å². The minimum atomic E-state index is 0.190. The molecule has 1 aromatic carbocycles. The van der Waals surface area contributed by atoms with E-state index in [1.807, 2.05) is 0 Å². The molecule has 0 aliphatic heterocycles. The summed E-state index contributed by atoms with van der Waals surface area (Å²) in [6, 6.07) is 9.04. The second kappa shape index (κ2) is 6.94. The molecule has 90 valence electrons. The largest absolute Gasteiger partial charge is 0.395 e. The highest BCUT2D eigenvalue weighted by atomic mass is 32.2. The van der Waals surface area contributed by atoms with Crippen molar-refractivity contribution in [3.8, 4) is 0 Å². The maximum absolute atomic E-state index is 9.14. The van der Waals surface area contributed by atoms with Crippen molar-refractivity contribution in [3.63, 3.8) is 0 Å². The summed E-state index contributed by atoms with van der Waals surface area (Å²) >= 11 is 1.75. The molecule has 0 aliphatic carbocycles. The van der Waals surface area contributed by atoms with Gasteiger partial charge in [-0.2, -0.15) is 0 Å². The normalized spacial score (nSPS) is 14.8. The highest BCUT2D eigenvalue weighted by Crippen LogP contribution is 2.19. The van der Waals surface area contributed by atoms with Gasteiger partial charge in [0.05, 0.1) is 6.61 Å². The summed E-state index contributed by atoms with van der Waals surface area (Å²) in [5.41, 5.74) is 1.27. The number of benzene rings is 1. The van der Waals surface area contributed by atoms with E-state index in [1.165, 1.54) is 10.5 Å². The van der Waals surface area contributed by atoms with Gasteiger partial charge in [-0.25, -0.2) is 0 Å². The molecule has 2 nitrogen and oxygen atoms in total. The highest BCUT2D eigenvalue weighted by Gasteiger charge is 2.10. The van der Waals surface area contributed by atoms with Gasteiger partial charge in [-0.1, -0.05) is 19.1 Å². The van der Waals surface area contributed by atoms with Crippen LogP contribution < -0.4 is 5.32 Å². The Bertz CT molecular complexity index is 295. The smallest absolute Gasteiger partial charge is 0.0584 e. The fourth-order valence-electron chi connectivity index (χ4n) is 1.64. The van der Waals surface area contributed by atoms with E-state index in [0.29, 0.717) is 0 Å². The molecule has 1 unspecified atom stereocenters. The lowest BCUT2D eigenvalue weighted by Crippen LogP contribution is -2.33. The molecule has 0 saturated heterocycles. The number of aliphatic hydroxyl groups excluding tert-OH is 1.